The number of methoxy groups -OCH3 is 1. The second-order valence-corrected chi connectivity index (χ2v) is 6.50. The minimum atomic E-state index is -0.466. The molecule has 0 spiro atoms. The minimum Gasteiger partial charge on any atom is -0.479 e. The lowest BCUT2D eigenvalue weighted by atomic mass is 10.3. The van der Waals surface area contributed by atoms with E-state index in [9.17, 15) is 9.18 Å². The van der Waals surface area contributed by atoms with Crippen LogP contribution in [0.25, 0.3) is 10.2 Å². The lowest BCUT2D eigenvalue weighted by molar-refractivity contribution is 0.0993. The van der Waals surface area contributed by atoms with Crippen LogP contribution in [-0.4, -0.2) is 40.6 Å². The van der Waals surface area contributed by atoms with E-state index in [0.717, 1.165) is 5.52 Å². The molecule has 0 saturated heterocycles. The van der Waals surface area contributed by atoms with Crippen molar-refractivity contribution in [3.05, 3.63) is 40.6 Å². The third-order valence-electron chi connectivity index (χ3n) is 3.72. The van der Waals surface area contributed by atoms with E-state index < -0.39 is 5.91 Å². The molecule has 0 bridgehead atoms. The van der Waals surface area contributed by atoms with Crippen molar-refractivity contribution in [3.63, 3.8) is 0 Å². The van der Waals surface area contributed by atoms with Crippen LogP contribution in [0.2, 0.25) is 0 Å². The highest BCUT2D eigenvalue weighted by Gasteiger charge is 2.17. The Hall–Kier alpha value is -2.52. The molecule has 0 aliphatic carbocycles. The quantitative estimate of drug-likeness (QED) is 0.618. The number of hydrogen-bond acceptors (Lipinski definition) is 5. The number of benzene rings is 1. The van der Waals surface area contributed by atoms with E-state index in [1.165, 1.54) is 35.3 Å². The van der Waals surface area contributed by atoms with Gasteiger partial charge in [0.1, 0.15) is 11.4 Å². The number of thiazole rings is 1. The molecule has 7 nitrogen and oxygen atoms in total. The van der Waals surface area contributed by atoms with Gasteiger partial charge in [0.2, 0.25) is 5.88 Å². The predicted molar refractivity (Wildman–Crippen MR) is 95.9 cm³/mol. The molecule has 0 atom stereocenters. The zero-order valence-corrected chi connectivity index (χ0v) is 15.5. The van der Waals surface area contributed by atoms with Gasteiger partial charge < -0.3 is 14.0 Å². The van der Waals surface area contributed by atoms with Gasteiger partial charge in [0.15, 0.2) is 4.80 Å². The normalized spacial score (nSPS) is 12.1. The van der Waals surface area contributed by atoms with E-state index in [0.29, 0.717) is 29.3 Å². The lowest BCUT2D eigenvalue weighted by Gasteiger charge is -2.05. The second-order valence-electron chi connectivity index (χ2n) is 5.49. The number of ether oxygens (including phenoxy) is 2. The number of hydrogen-bond donors (Lipinski definition) is 0. The van der Waals surface area contributed by atoms with E-state index in [1.807, 2.05) is 11.5 Å². The van der Waals surface area contributed by atoms with Crippen molar-refractivity contribution in [2.45, 2.75) is 13.5 Å². The van der Waals surface area contributed by atoms with Gasteiger partial charge in [0.25, 0.3) is 5.91 Å². The molecular formula is C17H19FN4O3S. The summed E-state index contributed by atoms with van der Waals surface area (Å²) in [7, 11) is 3.15. The van der Waals surface area contributed by atoms with Gasteiger partial charge in [-0.05, 0) is 25.1 Å². The van der Waals surface area contributed by atoms with Crippen molar-refractivity contribution in [1.82, 2.24) is 14.3 Å². The fourth-order valence-electron chi connectivity index (χ4n) is 2.56. The zero-order chi connectivity index (χ0) is 18.7. The predicted octanol–water partition coefficient (Wildman–Crippen LogP) is 2.36. The number of amides is 1. The zero-order valence-electron chi connectivity index (χ0n) is 14.7. The Morgan fingerprint density at radius 2 is 2.23 bits per heavy atom. The molecule has 0 unspecified atom stereocenters. The van der Waals surface area contributed by atoms with Crippen LogP contribution in [0.5, 0.6) is 5.88 Å². The Balaban J connectivity index is 2.08. The van der Waals surface area contributed by atoms with Crippen LogP contribution in [0.1, 0.15) is 17.3 Å². The van der Waals surface area contributed by atoms with Gasteiger partial charge in [-0.25, -0.2) is 4.39 Å². The fraction of sp³-hybridized carbons (Fsp3) is 0.353. The number of nitrogens with zero attached hydrogens (tertiary/aromatic N) is 4. The molecule has 138 valence electrons. The molecule has 3 aromatic rings. The highest BCUT2D eigenvalue weighted by atomic mass is 32.1. The Labute approximate surface area is 153 Å². The molecule has 9 heteroatoms. The minimum absolute atomic E-state index is 0.217. The third-order valence-corrected chi connectivity index (χ3v) is 4.77. The molecule has 0 radical (unpaired) electrons. The Kier molecular flexibility index (Phi) is 5.48. The van der Waals surface area contributed by atoms with Crippen LogP contribution in [0.3, 0.4) is 0 Å². The molecule has 0 aliphatic rings. The molecule has 26 heavy (non-hydrogen) atoms. The van der Waals surface area contributed by atoms with Crippen molar-refractivity contribution in [2.24, 2.45) is 12.0 Å². The first-order valence-corrected chi connectivity index (χ1v) is 8.88. The Morgan fingerprint density at radius 3 is 2.96 bits per heavy atom. The van der Waals surface area contributed by atoms with Crippen molar-refractivity contribution in [1.29, 1.82) is 0 Å². The summed E-state index contributed by atoms with van der Waals surface area (Å²) >= 11 is 1.25. The first-order valence-electron chi connectivity index (χ1n) is 8.06. The molecule has 0 fully saturated rings. The summed E-state index contributed by atoms with van der Waals surface area (Å²) in [6.45, 7) is 3.48. The highest BCUT2D eigenvalue weighted by Crippen LogP contribution is 2.20. The number of fused-ring (bicyclic) bond motifs is 1. The maximum atomic E-state index is 13.6. The van der Waals surface area contributed by atoms with Gasteiger partial charge in [0.05, 0.1) is 23.9 Å². The van der Waals surface area contributed by atoms with Crippen LogP contribution >= 0.6 is 11.3 Å². The summed E-state index contributed by atoms with van der Waals surface area (Å²) in [5, 5.41) is 4.07. The number of carbonyl (C=O) groups excluding carboxylic acids is 1. The van der Waals surface area contributed by atoms with Crippen molar-refractivity contribution in [3.8, 4) is 5.88 Å². The lowest BCUT2D eigenvalue weighted by Crippen LogP contribution is -2.19. The number of aromatic nitrogens is 3. The first-order chi connectivity index (χ1) is 12.5. The van der Waals surface area contributed by atoms with Crippen molar-refractivity contribution < 1.29 is 18.7 Å². The molecule has 0 aliphatic heterocycles. The molecular weight excluding hydrogens is 359 g/mol. The molecule has 1 aromatic carbocycles. The van der Waals surface area contributed by atoms with Gasteiger partial charge >= 0.3 is 0 Å². The Bertz CT molecular complexity index is 1010. The van der Waals surface area contributed by atoms with Crippen molar-refractivity contribution in [2.75, 3.05) is 20.3 Å². The molecule has 2 heterocycles. The van der Waals surface area contributed by atoms with E-state index in [-0.39, 0.29) is 17.3 Å². The summed E-state index contributed by atoms with van der Waals surface area (Å²) in [6, 6.07) is 4.51. The van der Waals surface area contributed by atoms with Crippen LogP contribution in [0.4, 0.5) is 4.39 Å². The van der Waals surface area contributed by atoms with Gasteiger partial charge in [-0.1, -0.05) is 11.3 Å². The standard InChI is InChI=1S/C17H19FN4O3S/c1-4-25-8-7-22-13-6-5-11(18)9-14(13)26-17(22)19-15(23)12-10-21(2)20-16(12)24-3/h5-6,9-10H,4,7-8H2,1-3H3. The third kappa shape index (κ3) is 3.68. The molecule has 2 aromatic heterocycles. The number of carbonyl (C=O) groups is 1. The molecule has 1 amide bonds. The van der Waals surface area contributed by atoms with Gasteiger partial charge in [-0.3, -0.25) is 9.48 Å². The van der Waals surface area contributed by atoms with Gasteiger partial charge in [0, 0.05) is 26.4 Å². The van der Waals surface area contributed by atoms with E-state index >= 15 is 0 Å². The maximum absolute atomic E-state index is 13.6. The van der Waals surface area contributed by atoms with Gasteiger partial charge in [-0.2, -0.15) is 4.99 Å². The number of halogens is 1. The van der Waals surface area contributed by atoms with E-state index in [4.69, 9.17) is 9.47 Å². The van der Waals surface area contributed by atoms with Crippen LogP contribution < -0.4 is 9.54 Å². The van der Waals surface area contributed by atoms with Crippen LogP contribution in [0.15, 0.2) is 29.4 Å². The molecule has 0 saturated carbocycles. The largest absolute Gasteiger partial charge is 0.479 e. The fourth-order valence-corrected chi connectivity index (χ4v) is 3.64. The maximum Gasteiger partial charge on any atom is 0.286 e. The second kappa shape index (κ2) is 7.79. The Morgan fingerprint density at radius 1 is 1.42 bits per heavy atom. The van der Waals surface area contributed by atoms with E-state index in [2.05, 4.69) is 10.1 Å². The summed E-state index contributed by atoms with van der Waals surface area (Å²) in [6.07, 6.45) is 1.56. The summed E-state index contributed by atoms with van der Waals surface area (Å²) in [5.41, 5.74) is 1.08. The SMILES string of the molecule is CCOCCn1c(=NC(=O)c2cn(C)nc2OC)sc2cc(F)ccc21. The smallest absolute Gasteiger partial charge is 0.286 e. The van der Waals surface area contributed by atoms with Gasteiger partial charge in [-0.15, -0.1) is 5.10 Å². The summed E-state index contributed by atoms with van der Waals surface area (Å²) < 4.78 is 28.2. The molecule has 0 N–H and O–H groups in total. The molecule has 3 rings (SSSR count). The number of rotatable bonds is 6. The topological polar surface area (TPSA) is 70.6 Å². The number of aryl methyl sites for hydroxylation is 1. The van der Waals surface area contributed by atoms with Crippen LogP contribution in [0, 0.1) is 5.82 Å². The van der Waals surface area contributed by atoms with E-state index in [1.54, 1.807) is 19.3 Å². The van der Waals surface area contributed by atoms with Crippen LogP contribution in [-0.2, 0) is 18.3 Å². The average molecular weight is 378 g/mol. The summed E-state index contributed by atoms with van der Waals surface area (Å²) in [5.74, 6) is -0.580. The first kappa shape index (κ1) is 18.3. The monoisotopic (exact) mass is 378 g/mol. The average Bonchev–Trinajstić information content (AvgIpc) is 3.15. The highest BCUT2D eigenvalue weighted by molar-refractivity contribution is 7.16. The summed E-state index contributed by atoms with van der Waals surface area (Å²) in [4.78, 5) is 17.3. The van der Waals surface area contributed by atoms with Crippen molar-refractivity contribution >= 4 is 27.5 Å².